The van der Waals surface area contributed by atoms with Crippen LogP contribution in [0.25, 0.3) is 10.9 Å². The largest absolute Gasteiger partial charge is 0.385 e. The summed E-state index contributed by atoms with van der Waals surface area (Å²) >= 11 is 0. The van der Waals surface area contributed by atoms with Gasteiger partial charge in [-0.2, -0.15) is 5.10 Å². The maximum Gasteiger partial charge on any atom is 0.163 e. The molecule has 1 aliphatic rings. The molecular formula is C21H31ClN2O2. The van der Waals surface area contributed by atoms with Gasteiger partial charge in [0.1, 0.15) is 0 Å². The summed E-state index contributed by atoms with van der Waals surface area (Å²) in [6.45, 7) is 3.77. The van der Waals surface area contributed by atoms with Gasteiger partial charge in [-0.15, -0.1) is 12.4 Å². The van der Waals surface area contributed by atoms with Gasteiger partial charge in [0.05, 0.1) is 5.52 Å². The van der Waals surface area contributed by atoms with E-state index in [0.717, 1.165) is 47.3 Å². The van der Waals surface area contributed by atoms with Crippen LogP contribution in [-0.4, -0.2) is 29.3 Å². The molecule has 0 unspecified atom stereocenters. The van der Waals surface area contributed by atoms with Gasteiger partial charge in [-0.1, -0.05) is 26.2 Å². The Morgan fingerprint density at radius 1 is 1.27 bits per heavy atom. The van der Waals surface area contributed by atoms with Crippen LogP contribution in [-0.2, 0) is 17.7 Å². The van der Waals surface area contributed by atoms with Gasteiger partial charge in [-0.25, -0.2) is 0 Å². The Morgan fingerprint density at radius 2 is 2.04 bits per heavy atom. The lowest BCUT2D eigenvalue weighted by atomic mass is 9.89. The van der Waals surface area contributed by atoms with Crippen LogP contribution in [0.3, 0.4) is 0 Å². The number of carbonyl (C=O) groups is 1. The topological polar surface area (TPSA) is 44.1 Å². The zero-order valence-corrected chi connectivity index (χ0v) is 16.8. The summed E-state index contributed by atoms with van der Waals surface area (Å²) in [5.74, 6) is 0.971. The third kappa shape index (κ3) is 4.86. The first-order chi connectivity index (χ1) is 12.2. The molecular weight excluding hydrogens is 348 g/mol. The van der Waals surface area contributed by atoms with Gasteiger partial charge in [0.25, 0.3) is 0 Å². The average molecular weight is 379 g/mol. The standard InChI is InChI=1S/C21H30N2O2.ClH/c1-3-17-18(21(24)10-7-13-25-2)11-12-20-19(17)15-23(22-20)14-16-8-5-4-6-9-16;/h11-12,15-16H,3-10,13-14H2,1-2H3;1H. The molecule has 2 aromatic rings. The number of ketones is 1. The molecule has 1 heterocycles. The number of fused-ring (bicyclic) bond motifs is 1. The van der Waals surface area contributed by atoms with Crippen LogP contribution in [0.4, 0.5) is 0 Å². The number of halogens is 1. The highest BCUT2D eigenvalue weighted by Crippen LogP contribution is 2.27. The Morgan fingerprint density at radius 3 is 2.73 bits per heavy atom. The molecule has 0 saturated heterocycles. The smallest absolute Gasteiger partial charge is 0.163 e. The Bertz CT molecular complexity index is 720. The van der Waals surface area contributed by atoms with Gasteiger partial charge in [-0.3, -0.25) is 9.48 Å². The van der Waals surface area contributed by atoms with Crippen LogP contribution in [0.5, 0.6) is 0 Å². The molecule has 1 aromatic heterocycles. The lowest BCUT2D eigenvalue weighted by molar-refractivity contribution is 0.0962. The van der Waals surface area contributed by atoms with Crippen LogP contribution in [0, 0.1) is 5.92 Å². The second kappa shape index (κ2) is 10.1. The summed E-state index contributed by atoms with van der Waals surface area (Å²) in [4.78, 5) is 12.6. The fraction of sp³-hybridized carbons (Fsp3) is 0.619. The van der Waals surface area contributed by atoms with E-state index in [9.17, 15) is 4.79 Å². The molecule has 0 amide bonds. The number of aromatic nitrogens is 2. The van der Waals surface area contributed by atoms with Crippen molar-refractivity contribution in [3.05, 3.63) is 29.5 Å². The normalized spacial score (nSPS) is 15.2. The van der Waals surface area contributed by atoms with E-state index in [4.69, 9.17) is 9.84 Å². The maximum absolute atomic E-state index is 12.6. The molecule has 1 aliphatic carbocycles. The monoisotopic (exact) mass is 378 g/mol. The van der Waals surface area contributed by atoms with E-state index in [2.05, 4.69) is 17.8 Å². The number of ether oxygens (including phenoxy) is 1. The molecule has 1 saturated carbocycles. The number of aryl methyl sites for hydroxylation is 1. The minimum Gasteiger partial charge on any atom is -0.385 e. The second-order valence-electron chi connectivity index (χ2n) is 7.25. The van der Waals surface area contributed by atoms with Crippen molar-refractivity contribution < 1.29 is 9.53 Å². The van der Waals surface area contributed by atoms with E-state index in [1.54, 1.807) is 7.11 Å². The van der Waals surface area contributed by atoms with Crippen molar-refractivity contribution in [2.24, 2.45) is 5.92 Å². The van der Waals surface area contributed by atoms with Gasteiger partial charge < -0.3 is 4.74 Å². The minimum absolute atomic E-state index is 0. The summed E-state index contributed by atoms with van der Waals surface area (Å²) in [5.41, 5.74) is 3.03. The van der Waals surface area contributed by atoms with Crippen molar-refractivity contribution in [3.63, 3.8) is 0 Å². The molecule has 0 spiro atoms. The first-order valence-corrected chi connectivity index (χ1v) is 9.74. The van der Waals surface area contributed by atoms with Crippen molar-refractivity contribution in [3.8, 4) is 0 Å². The summed E-state index contributed by atoms with van der Waals surface area (Å²) in [6.07, 6.45) is 11.1. The van der Waals surface area contributed by atoms with Crippen molar-refractivity contribution in [1.82, 2.24) is 9.78 Å². The van der Waals surface area contributed by atoms with E-state index in [1.165, 1.54) is 32.1 Å². The number of Topliss-reactive ketones (excluding diaryl/α,β-unsaturated/α-hetero) is 1. The van der Waals surface area contributed by atoms with Crippen molar-refractivity contribution in [1.29, 1.82) is 0 Å². The third-order valence-electron chi connectivity index (χ3n) is 5.42. The molecule has 144 valence electrons. The molecule has 0 atom stereocenters. The lowest BCUT2D eigenvalue weighted by Gasteiger charge is -2.21. The first-order valence-electron chi connectivity index (χ1n) is 9.74. The summed E-state index contributed by atoms with van der Waals surface area (Å²) < 4.78 is 7.17. The number of benzene rings is 1. The van der Waals surface area contributed by atoms with E-state index >= 15 is 0 Å². The van der Waals surface area contributed by atoms with Gasteiger partial charge in [0.2, 0.25) is 0 Å². The molecule has 26 heavy (non-hydrogen) atoms. The summed E-state index contributed by atoms with van der Waals surface area (Å²) in [6, 6.07) is 3.98. The van der Waals surface area contributed by atoms with Gasteiger partial charge in [0, 0.05) is 43.8 Å². The van der Waals surface area contributed by atoms with Crippen LogP contribution < -0.4 is 0 Å². The number of carbonyl (C=O) groups excluding carboxylic acids is 1. The van der Waals surface area contributed by atoms with E-state index in [0.29, 0.717) is 13.0 Å². The second-order valence-corrected chi connectivity index (χ2v) is 7.25. The third-order valence-corrected chi connectivity index (χ3v) is 5.42. The minimum atomic E-state index is 0. The highest BCUT2D eigenvalue weighted by molar-refractivity contribution is 6.02. The summed E-state index contributed by atoms with van der Waals surface area (Å²) in [7, 11) is 1.68. The number of hydrogen-bond acceptors (Lipinski definition) is 3. The Hall–Kier alpha value is -1.39. The molecule has 0 radical (unpaired) electrons. The molecule has 1 aromatic carbocycles. The molecule has 0 bridgehead atoms. The fourth-order valence-corrected chi connectivity index (χ4v) is 4.08. The van der Waals surface area contributed by atoms with Crippen molar-refractivity contribution >= 4 is 29.1 Å². The zero-order chi connectivity index (χ0) is 17.6. The fourth-order valence-electron chi connectivity index (χ4n) is 4.08. The highest BCUT2D eigenvalue weighted by Gasteiger charge is 2.17. The van der Waals surface area contributed by atoms with Crippen molar-refractivity contribution in [2.75, 3.05) is 13.7 Å². The predicted octanol–water partition coefficient (Wildman–Crippen LogP) is 5.21. The zero-order valence-electron chi connectivity index (χ0n) is 16.0. The number of methoxy groups -OCH3 is 1. The molecule has 1 fully saturated rings. The quantitative estimate of drug-likeness (QED) is 0.467. The van der Waals surface area contributed by atoms with Gasteiger partial charge in [-0.05, 0) is 49.3 Å². The molecule has 0 N–H and O–H groups in total. The van der Waals surface area contributed by atoms with Crippen LogP contribution in [0.15, 0.2) is 18.3 Å². The van der Waals surface area contributed by atoms with Gasteiger partial charge >= 0.3 is 0 Å². The highest BCUT2D eigenvalue weighted by atomic mass is 35.5. The van der Waals surface area contributed by atoms with Crippen LogP contribution in [0.2, 0.25) is 0 Å². The molecule has 3 rings (SSSR count). The average Bonchev–Trinajstić information content (AvgIpc) is 3.04. The number of hydrogen-bond donors (Lipinski definition) is 0. The Kier molecular flexibility index (Phi) is 8.11. The molecule has 4 nitrogen and oxygen atoms in total. The van der Waals surface area contributed by atoms with Crippen molar-refractivity contribution in [2.45, 2.75) is 64.8 Å². The van der Waals surface area contributed by atoms with E-state index in [1.807, 2.05) is 12.1 Å². The number of nitrogens with zero attached hydrogens (tertiary/aromatic N) is 2. The molecule has 5 heteroatoms. The van der Waals surface area contributed by atoms with E-state index < -0.39 is 0 Å². The number of rotatable bonds is 8. The Labute approximate surface area is 162 Å². The predicted molar refractivity (Wildman–Crippen MR) is 108 cm³/mol. The van der Waals surface area contributed by atoms with Crippen LogP contribution >= 0.6 is 12.4 Å². The molecule has 0 aliphatic heterocycles. The SMILES string of the molecule is CCc1c(C(=O)CCCOC)ccc2nn(CC3CCCCC3)cc12.Cl. The van der Waals surface area contributed by atoms with E-state index in [-0.39, 0.29) is 18.2 Å². The lowest BCUT2D eigenvalue weighted by Crippen LogP contribution is -2.14. The first kappa shape index (κ1) is 20.9. The maximum atomic E-state index is 12.6. The Balaban J connectivity index is 0.00000243. The summed E-state index contributed by atoms with van der Waals surface area (Å²) in [5, 5.41) is 5.93. The van der Waals surface area contributed by atoms with Crippen LogP contribution in [0.1, 0.15) is 67.8 Å². The van der Waals surface area contributed by atoms with Gasteiger partial charge in [0.15, 0.2) is 5.78 Å².